The lowest BCUT2D eigenvalue weighted by Crippen LogP contribution is -2.34. The highest BCUT2D eigenvalue weighted by atomic mass is 79.9. The van der Waals surface area contributed by atoms with Crippen LogP contribution in [0, 0.1) is 0 Å². The maximum Gasteiger partial charge on any atom is 0.339 e. The van der Waals surface area contributed by atoms with Crippen LogP contribution >= 0.6 is 15.9 Å². The minimum Gasteiger partial charge on any atom is -0.498 e. The van der Waals surface area contributed by atoms with E-state index in [2.05, 4.69) is 87.5 Å². The number of halogens is 1. The number of fused-ring (bicyclic) bond motifs is 1. The molecule has 0 saturated carbocycles. The van der Waals surface area contributed by atoms with Gasteiger partial charge in [0.05, 0.1) is 12.2 Å². The molecule has 0 aliphatic heterocycles. The van der Waals surface area contributed by atoms with Crippen molar-refractivity contribution >= 4 is 36.2 Å². The molecule has 1 aliphatic carbocycles. The average molecular weight is 618 g/mol. The molecule has 5 rings (SSSR count). The van der Waals surface area contributed by atoms with Gasteiger partial charge in [-0.1, -0.05) is 65.9 Å². The van der Waals surface area contributed by atoms with Crippen molar-refractivity contribution in [3.05, 3.63) is 94.7 Å². The first-order valence-electron chi connectivity index (χ1n) is 13.5. The fourth-order valence-corrected chi connectivity index (χ4v) is 6.47. The number of ether oxygens (including phenoxy) is 2. The van der Waals surface area contributed by atoms with Crippen molar-refractivity contribution in [2.45, 2.75) is 50.8 Å². The number of carbonyl (C=O) groups is 1. The van der Waals surface area contributed by atoms with Crippen molar-refractivity contribution in [2.75, 3.05) is 6.61 Å². The van der Waals surface area contributed by atoms with Crippen LogP contribution in [-0.4, -0.2) is 45.7 Å². The van der Waals surface area contributed by atoms with E-state index in [1.54, 1.807) is 6.92 Å². The zero-order chi connectivity index (χ0) is 28.4. The van der Waals surface area contributed by atoms with Crippen LogP contribution in [0.5, 0.6) is 0 Å². The fourth-order valence-electron chi connectivity index (χ4n) is 5.19. The highest BCUT2D eigenvalue weighted by Crippen LogP contribution is 2.42. The minimum atomic E-state index is -1.80. The predicted octanol–water partition coefficient (Wildman–Crippen LogP) is 7.31. The lowest BCUT2D eigenvalue weighted by molar-refractivity contribution is 0.0488. The van der Waals surface area contributed by atoms with Crippen LogP contribution < -0.4 is 0 Å². The molecule has 4 aromatic rings. The number of aromatic nitrogens is 4. The molecule has 9 heteroatoms. The van der Waals surface area contributed by atoms with Gasteiger partial charge in [0.1, 0.15) is 5.76 Å². The van der Waals surface area contributed by atoms with Crippen LogP contribution in [0.2, 0.25) is 19.6 Å². The zero-order valence-electron chi connectivity index (χ0n) is 23.4. The molecule has 40 heavy (non-hydrogen) atoms. The predicted molar refractivity (Wildman–Crippen MR) is 164 cm³/mol. The first kappa shape index (κ1) is 28.0. The SMILES string of the molecule is CCOC1=Cc2cccc(C(=O)OC(C)Br)c2C1Cc1ccc(-c2ccccc2-c2nnnn2[Si](C)(C)C)cc1. The lowest BCUT2D eigenvalue weighted by atomic mass is 9.88. The number of nitrogens with zero attached hydrogens (tertiary/aromatic N) is 4. The summed E-state index contributed by atoms with van der Waals surface area (Å²) in [6.45, 7) is 11.0. The molecular weight excluding hydrogens is 584 g/mol. The van der Waals surface area contributed by atoms with Crippen molar-refractivity contribution in [3.63, 3.8) is 0 Å². The molecule has 0 radical (unpaired) electrons. The first-order valence-corrected chi connectivity index (χ1v) is 17.8. The molecule has 3 aromatic carbocycles. The molecule has 0 N–H and O–H groups in total. The van der Waals surface area contributed by atoms with E-state index in [1.165, 1.54) is 0 Å². The van der Waals surface area contributed by atoms with Gasteiger partial charge in [-0.3, -0.25) is 4.35 Å². The van der Waals surface area contributed by atoms with Crippen LogP contribution in [0.25, 0.3) is 28.6 Å². The molecule has 0 amide bonds. The molecular formula is C31H33BrN4O3Si. The number of rotatable bonds is 9. The molecule has 0 fully saturated rings. The number of alkyl halides is 1. The number of tetrazole rings is 1. The maximum absolute atomic E-state index is 13.0. The largest absolute Gasteiger partial charge is 0.498 e. The van der Waals surface area contributed by atoms with Gasteiger partial charge >= 0.3 is 5.97 Å². The second kappa shape index (κ2) is 11.5. The Morgan fingerprint density at radius 1 is 1.02 bits per heavy atom. The molecule has 1 aliphatic rings. The quantitative estimate of drug-likeness (QED) is 0.111. The summed E-state index contributed by atoms with van der Waals surface area (Å²) in [6.07, 6.45) is 2.74. The Morgan fingerprint density at radius 3 is 2.42 bits per heavy atom. The van der Waals surface area contributed by atoms with E-state index < -0.39 is 8.24 Å². The number of carbonyl (C=O) groups excluding carboxylic acids is 1. The van der Waals surface area contributed by atoms with Crippen LogP contribution in [0.4, 0.5) is 0 Å². The van der Waals surface area contributed by atoms with Gasteiger partial charge in [0.25, 0.3) is 0 Å². The molecule has 0 spiro atoms. The molecule has 1 heterocycles. The summed E-state index contributed by atoms with van der Waals surface area (Å²) < 4.78 is 13.5. The van der Waals surface area contributed by atoms with E-state index in [1.807, 2.05) is 47.7 Å². The molecule has 7 nitrogen and oxygen atoms in total. The smallest absolute Gasteiger partial charge is 0.339 e. The first-order chi connectivity index (χ1) is 19.2. The highest BCUT2D eigenvalue weighted by molar-refractivity contribution is 9.09. The maximum atomic E-state index is 13.0. The Morgan fingerprint density at radius 2 is 1.75 bits per heavy atom. The molecule has 206 valence electrons. The lowest BCUT2D eigenvalue weighted by Gasteiger charge is -2.20. The van der Waals surface area contributed by atoms with Crippen LogP contribution in [0.1, 0.15) is 46.8 Å². The van der Waals surface area contributed by atoms with Crippen LogP contribution in [0.3, 0.4) is 0 Å². The molecule has 2 unspecified atom stereocenters. The third-order valence-corrected chi connectivity index (χ3v) is 8.67. The van der Waals surface area contributed by atoms with E-state index >= 15 is 0 Å². The van der Waals surface area contributed by atoms with E-state index in [4.69, 9.17) is 9.47 Å². The second-order valence-corrected chi connectivity index (χ2v) is 16.9. The minimum absolute atomic E-state index is 0.0798. The third-order valence-electron chi connectivity index (χ3n) is 6.91. The van der Waals surface area contributed by atoms with Crippen LogP contribution in [-0.2, 0) is 15.9 Å². The van der Waals surface area contributed by atoms with Gasteiger partial charge in [0, 0.05) is 11.5 Å². The number of hydrogen-bond acceptors (Lipinski definition) is 6. The van der Waals surface area contributed by atoms with E-state index in [-0.39, 0.29) is 16.9 Å². The van der Waals surface area contributed by atoms with Crippen LogP contribution in [0.15, 0.2) is 72.5 Å². The summed E-state index contributed by atoms with van der Waals surface area (Å²) in [6, 6.07) is 22.6. The van der Waals surface area contributed by atoms with Gasteiger partial charge in [-0.15, -0.1) is 5.10 Å². The van der Waals surface area contributed by atoms with Crippen molar-refractivity contribution in [1.82, 2.24) is 19.9 Å². The topological polar surface area (TPSA) is 79.1 Å². The van der Waals surface area contributed by atoms with Crippen molar-refractivity contribution in [3.8, 4) is 22.5 Å². The Balaban J connectivity index is 1.47. The Labute approximate surface area is 244 Å². The second-order valence-electron chi connectivity index (χ2n) is 10.8. The van der Waals surface area contributed by atoms with Gasteiger partial charge in [0.2, 0.25) is 0 Å². The van der Waals surface area contributed by atoms with Gasteiger partial charge in [-0.25, -0.2) is 4.79 Å². The summed E-state index contributed by atoms with van der Waals surface area (Å²) in [5.74, 6) is 1.25. The fraction of sp³-hybridized carbons (Fsp3) is 0.290. The Bertz CT molecular complexity index is 1560. The monoisotopic (exact) mass is 616 g/mol. The van der Waals surface area contributed by atoms with E-state index in [0.29, 0.717) is 18.6 Å². The highest BCUT2D eigenvalue weighted by Gasteiger charge is 2.32. The Kier molecular flexibility index (Phi) is 8.05. The molecule has 0 saturated heterocycles. The van der Waals surface area contributed by atoms with Gasteiger partial charge in [-0.2, -0.15) is 0 Å². The number of esters is 1. The van der Waals surface area contributed by atoms with Gasteiger partial charge < -0.3 is 9.47 Å². The van der Waals surface area contributed by atoms with E-state index in [9.17, 15) is 4.79 Å². The van der Waals surface area contributed by atoms with E-state index in [0.717, 1.165) is 45.0 Å². The van der Waals surface area contributed by atoms with Crippen molar-refractivity contribution in [2.24, 2.45) is 0 Å². The van der Waals surface area contributed by atoms with Gasteiger partial charge in [0.15, 0.2) is 19.1 Å². The summed E-state index contributed by atoms with van der Waals surface area (Å²) in [5, 5.41) is 12.3. The number of hydrogen-bond donors (Lipinski definition) is 0. The van der Waals surface area contributed by atoms with Crippen molar-refractivity contribution in [1.29, 1.82) is 0 Å². The Hall–Kier alpha value is -3.56. The standard InChI is InChI=1S/C31H33BrN4O3Si/c1-6-38-28-19-23-10-9-13-26(31(37)39-20(2)32)29(23)27(28)18-21-14-16-22(17-15-21)24-11-7-8-12-25(24)30-33-34-35-36(30)40(3,4)5/h7-17,19-20,27H,6,18H2,1-5H3. The third kappa shape index (κ3) is 5.67. The summed E-state index contributed by atoms with van der Waals surface area (Å²) in [7, 11) is -1.80. The zero-order valence-corrected chi connectivity index (χ0v) is 26.0. The summed E-state index contributed by atoms with van der Waals surface area (Å²) >= 11 is 3.32. The summed E-state index contributed by atoms with van der Waals surface area (Å²) in [5.41, 5.74) is 6.86. The molecule has 0 bridgehead atoms. The average Bonchev–Trinajstić information content (AvgIpc) is 3.55. The number of benzene rings is 3. The molecule has 1 aromatic heterocycles. The van der Waals surface area contributed by atoms with Gasteiger partial charge in [-0.05, 0) is 101 Å². The molecule has 2 atom stereocenters. The summed E-state index contributed by atoms with van der Waals surface area (Å²) in [4.78, 5) is 13.0. The van der Waals surface area contributed by atoms with Crippen molar-refractivity contribution < 1.29 is 14.3 Å². The normalized spacial score (nSPS) is 15.3. The number of allylic oxidation sites excluding steroid dienone is 1.